The monoisotopic (exact) mass is 228 g/mol. The predicted molar refractivity (Wildman–Crippen MR) is 48.4 cm³/mol. The highest BCUT2D eigenvalue weighted by molar-refractivity contribution is 9.10. The standard InChI is InChI=1S/C9H6BrFO/c1-2-6-12-9-7(10)4-3-5-8(9)11/h1,3-5H,6H2. The van der Waals surface area contributed by atoms with Crippen molar-refractivity contribution in [3.05, 3.63) is 28.5 Å². The van der Waals surface area contributed by atoms with Gasteiger partial charge < -0.3 is 4.74 Å². The predicted octanol–water partition coefficient (Wildman–Crippen LogP) is 2.60. The Morgan fingerprint density at radius 3 is 2.92 bits per heavy atom. The summed E-state index contributed by atoms with van der Waals surface area (Å²) in [5.41, 5.74) is 0. The molecule has 0 heterocycles. The van der Waals surface area contributed by atoms with Crippen LogP contribution < -0.4 is 4.74 Å². The molecule has 0 atom stereocenters. The Labute approximate surface area is 78.7 Å². The summed E-state index contributed by atoms with van der Waals surface area (Å²) in [6.45, 7) is 0.0690. The molecule has 0 amide bonds. The van der Waals surface area contributed by atoms with E-state index in [1.807, 2.05) is 0 Å². The molecule has 0 aliphatic carbocycles. The van der Waals surface area contributed by atoms with E-state index < -0.39 is 5.82 Å². The highest BCUT2D eigenvalue weighted by atomic mass is 79.9. The molecule has 1 rings (SSSR count). The van der Waals surface area contributed by atoms with E-state index in [0.717, 1.165) is 0 Å². The van der Waals surface area contributed by atoms with E-state index in [0.29, 0.717) is 4.47 Å². The molecule has 1 aromatic carbocycles. The highest BCUT2D eigenvalue weighted by Gasteiger charge is 2.05. The van der Waals surface area contributed by atoms with Crippen molar-refractivity contribution in [1.82, 2.24) is 0 Å². The van der Waals surface area contributed by atoms with Crippen molar-refractivity contribution in [3.8, 4) is 18.1 Å². The summed E-state index contributed by atoms with van der Waals surface area (Å²) < 4.78 is 18.5. The van der Waals surface area contributed by atoms with Crippen LogP contribution >= 0.6 is 15.9 Å². The first-order chi connectivity index (χ1) is 5.75. The van der Waals surface area contributed by atoms with Crippen molar-refractivity contribution >= 4 is 15.9 Å². The summed E-state index contributed by atoms with van der Waals surface area (Å²) >= 11 is 3.14. The Balaban J connectivity index is 2.90. The lowest BCUT2D eigenvalue weighted by atomic mass is 10.3. The average molecular weight is 229 g/mol. The number of terminal acetylenes is 1. The Morgan fingerprint density at radius 1 is 1.58 bits per heavy atom. The molecular formula is C9H6BrFO. The highest BCUT2D eigenvalue weighted by Crippen LogP contribution is 2.27. The molecule has 0 aliphatic rings. The van der Waals surface area contributed by atoms with Crippen molar-refractivity contribution in [3.63, 3.8) is 0 Å². The van der Waals surface area contributed by atoms with Crippen molar-refractivity contribution in [2.45, 2.75) is 0 Å². The van der Waals surface area contributed by atoms with Crippen LogP contribution in [0.2, 0.25) is 0 Å². The molecule has 0 saturated carbocycles. The second-order valence-electron chi connectivity index (χ2n) is 2.04. The summed E-state index contributed by atoms with van der Waals surface area (Å²) in [5.74, 6) is 2.01. The Morgan fingerprint density at radius 2 is 2.33 bits per heavy atom. The van der Waals surface area contributed by atoms with Crippen molar-refractivity contribution in [2.24, 2.45) is 0 Å². The second kappa shape index (κ2) is 4.13. The maximum Gasteiger partial charge on any atom is 0.170 e. The summed E-state index contributed by atoms with van der Waals surface area (Å²) in [6.07, 6.45) is 4.96. The lowest BCUT2D eigenvalue weighted by Crippen LogP contribution is -1.96. The van der Waals surface area contributed by atoms with Crippen molar-refractivity contribution in [2.75, 3.05) is 6.61 Å². The first-order valence-corrected chi connectivity index (χ1v) is 4.05. The Bertz CT molecular complexity index is 297. The molecule has 0 bridgehead atoms. The fourth-order valence-electron chi connectivity index (χ4n) is 0.734. The first kappa shape index (κ1) is 9.08. The Hall–Kier alpha value is -1.01. The van der Waals surface area contributed by atoms with Crippen molar-refractivity contribution in [1.29, 1.82) is 0 Å². The van der Waals surface area contributed by atoms with Crippen LogP contribution in [-0.4, -0.2) is 6.61 Å². The van der Waals surface area contributed by atoms with Crippen LogP contribution in [-0.2, 0) is 0 Å². The number of benzene rings is 1. The van der Waals surface area contributed by atoms with Gasteiger partial charge in [0.25, 0.3) is 0 Å². The van der Waals surface area contributed by atoms with Gasteiger partial charge in [0, 0.05) is 0 Å². The summed E-state index contributed by atoms with van der Waals surface area (Å²) in [6, 6.07) is 4.59. The van der Waals surface area contributed by atoms with Gasteiger partial charge in [0.2, 0.25) is 0 Å². The largest absolute Gasteiger partial charge is 0.477 e. The lowest BCUT2D eigenvalue weighted by molar-refractivity contribution is 0.346. The van der Waals surface area contributed by atoms with Gasteiger partial charge in [-0.1, -0.05) is 12.0 Å². The molecule has 0 spiro atoms. The van der Waals surface area contributed by atoms with E-state index in [1.54, 1.807) is 12.1 Å². The summed E-state index contributed by atoms with van der Waals surface area (Å²) in [5, 5.41) is 0. The second-order valence-corrected chi connectivity index (χ2v) is 2.90. The molecule has 0 saturated heterocycles. The number of hydrogen-bond acceptors (Lipinski definition) is 1. The SMILES string of the molecule is C#CCOc1c(F)cccc1Br. The molecule has 0 fully saturated rings. The first-order valence-electron chi connectivity index (χ1n) is 3.26. The van der Waals surface area contributed by atoms with Gasteiger partial charge in [-0.25, -0.2) is 4.39 Å². The van der Waals surface area contributed by atoms with Gasteiger partial charge in [-0.2, -0.15) is 0 Å². The third-order valence-electron chi connectivity index (χ3n) is 1.22. The van der Waals surface area contributed by atoms with Gasteiger partial charge in [0.15, 0.2) is 11.6 Å². The lowest BCUT2D eigenvalue weighted by Gasteiger charge is -2.04. The molecule has 1 aromatic rings. The number of para-hydroxylation sites is 1. The number of hydrogen-bond donors (Lipinski definition) is 0. The van der Waals surface area contributed by atoms with Crippen LogP contribution in [0.3, 0.4) is 0 Å². The average Bonchev–Trinajstić information content (AvgIpc) is 2.04. The fraction of sp³-hybridized carbons (Fsp3) is 0.111. The summed E-state index contributed by atoms with van der Waals surface area (Å²) in [7, 11) is 0. The number of rotatable bonds is 2. The van der Waals surface area contributed by atoms with Gasteiger partial charge in [-0.3, -0.25) is 0 Å². The molecule has 3 heteroatoms. The zero-order chi connectivity index (χ0) is 8.97. The molecule has 12 heavy (non-hydrogen) atoms. The molecule has 0 unspecified atom stereocenters. The number of halogens is 2. The third kappa shape index (κ3) is 1.99. The zero-order valence-corrected chi connectivity index (χ0v) is 7.77. The van der Waals surface area contributed by atoms with E-state index in [4.69, 9.17) is 11.2 Å². The zero-order valence-electron chi connectivity index (χ0n) is 6.18. The van der Waals surface area contributed by atoms with E-state index in [-0.39, 0.29) is 12.4 Å². The molecule has 0 radical (unpaired) electrons. The van der Waals surface area contributed by atoms with E-state index in [9.17, 15) is 4.39 Å². The third-order valence-corrected chi connectivity index (χ3v) is 1.84. The van der Waals surface area contributed by atoms with Gasteiger partial charge in [0.1, 0.15) is 6.61 Å². The minimum atomic E-state index is -0.417. The van der Waals surface area contributed by atoms with Gasteiger partial charge >= 0.3 is 0 Å². The van der Waals surface area contributed by atoms with Gasteiger partial charge in [-0.05, 0) is 28.1 Å². The molecular weight excluding hydrogens is 223 g/mol. The topological polar surface area (TPSA) is 9.23 Å². The van der Waals surface area contributed by atoms with Crippen LogP contribution in [0.15, 0.2) is 22.7 Å². The maximum atomic E-state index is 13.0. The van der Waals surface area contributed by atoms with Crippen LogP contribution in [0.25, 0.3) is 0 Å². The normalized spacial score (nSPS) is 9.08. The van der Waals surface area contributed by atoms with Crippen LogP contribution in [0.4, 0.5) is 4.39 Å². The minimum Gasteiger partial charge on any atom is -0.477 e. The fourth-order valence-corrected chi connectivity index (χ4v) is 1.19. The molecule has 1 nitrogen and oxygen atoms in total. The van der Waals surface area contributed by atoms with Crippen LogP contribution in [0.1, 0.15) is 0 Å². The Kier molecular flexibility index (Phi) is 3.12. The quantitative estimate of drug-likeness (QED) is 0.708. The molecule has 62 valence electrons. The van der Waals surface area contributed by atoms with E-state index in [2.05, 4.69) is 21.9 Å². The maximum absolute atomic E-state index is 13.0. The smallest absolute Gasteiger partial charge is 0.170 e. The molecule has 0 aliphatic heterocycles. The summed E-state index contributed by atoms with van der Waals surface area (Å²) in [4.78, 5) is 0. The van der Waals surface area contributed by atoms with E-state index >= 15 is 0 Å². The molecule has 0 N–H and O–H groups in total. The minimum absolute atomic E-state index is 0.0690. The number of ether oxygens (including phenoxy) is 1. The van der Waals surface area contributed by atoms with E-state index in [1.165, 1.54) is 6.07 Å². The van der Waals surface area contributed by atoms with Gasteiger partial charge in [-0.15, -0.1) is 6.42 Å². The molecule has 0 aromatic heterocycles. The van der Waals surface area contributed by atoms with Crippen LogP contribution in [0, 0.1) is 18.2 Å². The van der Waals surface area contributed by atoms with Crippen molar-refractivity contribution < 1.29 is 9.13 Å². The van der Waals surface area contributed by atoms with Gasteiger partial charge in [0.05, 0.1) is 4.47 Å². The van der Waals surface area contributed by atoms with Crippen LogP contribution in [0.5, 0.6) is 5.75 Å².